The van der Waals surface area contributed by atoms with Gasteiger partial charge in [0.05, 0.1) is 6.04 Å². The fourth-order valence-corrected chi connectivity index (χ4v) is 3.17. The zero-order valence-corrected chi connectivity index (χ0v) is 20.4. The molecule has 0 aliphatic rings. The molecule has 0 fully saturated rings. The fourth-order valence-electron chi connectivity index (χ4n) is 3.17. The first-order valence-corrected chi connectivity index (χ1v) is 11.3. The number of carboxylic acid groups (broad SMARTS) is 2. The predicted molar refractivity (Wildman–Crippen MR) is 122 cm³/mol. The Bertz CT molecular complexity index is 694. The van der Waals surface area contributed by atoms with Gasteiger partial charge in [0.2, 0.25) is 17.7 Å². The summed E-state index contributed by atoms with van der Waals surface area (Å²) in [5.74, 6) is -4.59. The summed E-state index contributed by atoms with van der Waals surface area (Å²) >= 11 is 0. The summed E-state index contributed by atoms with van der Waals surface area (Å²) in [6.07, 6.45) is 0.0120. The topological polar surface area (TPSA) is 188 Å². The molecule has 7 N–H and O–H groups in total. The average molecular weight is 473 g/mol. The maximum Gasteiger partial charge on any atom is 0.326 e. The van der Waals surface area contributed by atoms with E-state index in [-0.39, 0.29) is 31.1 Å². The second-order valence-corrected chi connectivity index (χ2v) is 9.49. The lowest BCUT2D eigenvalue weighted by atomic mass is 9.99. The van der Waals surface area contributed by atoms with E-state index in [2.05, 4.69) is 16.0 Å². The van der Waals surface area contributed by atoms with Crippen LogP contribution in [-0.2, 0) is 24.0 Å². The quantitative estimate of drug-likeness (QED) is 0.198. The SMILES string of the molecule is CC(C)C[C@H](NC(=O)[C@@H](NC(=O)[C@H](CCC(=O)O)NC(=O)[C@@H](N)CC(C)C)C(C)C)C(=O)O. The van der Waals surface area contributed by atoms with Gasteiger partial charge in [0, 0.05) is 6.42 Å². The van der Waals surface area contributed by atoms with Crippen LogP contribution in [0.2, 0.25) is 0 Å². The van der Waals surface area contributed by atoms with Crippen molar-refractivity contribution in [2.45, 2.75) is 91.4 Å². The first kappa shape index (κ1) is 30.3. The Morgan fingerprint density at radius 1 is 0.727 bits per heavy atom. The monoisotopic (exact) mass is 472 g/mol. The molecule has 0 saturated carbocycles. The van der Waals surface area contributed by atoms with Crippen molar-refractivity contribution in [1.29, 1.82) is 0 Å². The normalized spacial score (nSPS) is 15.0. The van der Waals surface area contributed by atoms with E-state index in [1.54, 1.807) is 13.8 Å². The summed E-state index contributed by atoms with van der Waals surface area (Å²) in [5, 5.41) is 25.8. The molecule has 0 spiro atoms. The van der Waals surface area contributed by atoms with Gasteiger partial charge in [0.25, 0.3) is 0 Å². The van der Waals surface area contributed by atoms with Crippen LogP contribution < -0.4 is 21.7 Å². The standard InChI is InChI=1S/C22H40N4O7/c1-11(2)9-14(23)19(29)24-15(7-8-17(27)28)20(30)26-18(13(5)6)21(31)25-16(22(32)33)10-12(3)4/h11-16,18H,7-10,23H2,1-6H3,(H,24,29)(H,25,31)(H,26,30)(H,27,28)(H,32,33)/t14-,15-,16-,18-/m0/s1. The van der Waals surface area contributed by atoms with Gasteiger partial charge < -0.3 is 31.9 Å². The van der Waals surface area contributed by atoms with Crippen LogP contribution in [0.4, 0.5) is 0 Å². The Kier molecular flexibility index (Phi) is 13.3. The van der Waals surface area contributed by atoms with Gasteiger partial charge in [-0.25, -0.2) is 4.79 Å². The van der Waals surface area contributed by atoms with E-state index in [0.29, 0.717) is 6.42 Å². The minimum atomic E-state index is -1.22. The summed E-state index contributed by atoms with van der Waals surface area (Å²) in [4.78, 5) is 60.6. The molecule has 3 amide bonds. The van der Waals surface area contributed by atoms with Crippen molar-refractivity contribution in [3.63, 3.8) is 0 Å². The summed E-state index contributed by atoms with van der Waals surface area (Å²) in [5.41, 5.74) is 5.86. The third-order valence-corrected chi connectivity index (χ3v) is 4.91. The van der Waals surface area contributed by atoms with Gasteiger partial charge >= 0.3 is 11.9 Å². The van der Waals surface area contributed by atoms with Crippen molar-refractivity contribution in [3.05, 3.63) is 0 Å². The number of hydrogen-bond acceptors (Lipinski definition) is 6. The second-order valence-electron chi connectivity index (χ2n) is 9.49. The number of aliphatic carboxylic acids is 2. The van der Waals surface area contributed by atoms with Crippen LogP contribution in [0.1, 0.15) is 67.2 Å². The Balaban J connectivity index is 5.48. The molecule has 0 aliphatic carbocycles. The minimum absolute atomic E-state index is 0.0177. The van der Waals surface area contributed by atoms with Gasteiger partial charge in [-0.3, -0.25) is 19.2 Å². The molecule has 0 aliphatic heterocycles. The molecule has 0 heterocycles. The number of amides is 3. The largest absolute Gasteiger partial charge is 0.481 e. The summed E-state index contributed by atoms with van der Waals surface area (Å²) in [6.45, 7) is 10.8. The molecule has 33 heavy (non-hydrogen) atoms. The van der Waals surface area contributed by atoms with E-state index in [0.717, 1.165) is 0 Å². The maximum absolute atomic E-state index is 12.9. The molecule has 0 rings (SSSR count). The average Bonchev–Trinajstić information content (AvgIpc) is 2.66. The Morgan fingerprint density at radius 3 is 1.67 bits per heavy atom. The van der Waals surface area contributed by atoms with Gasteiger partial charge in [-0.2, -0.15) is 0 Å². The highest BCUT2D eigenvalue weighted by Gasteiger charge is 2.32. The lowest BCUT2D eigenvalue weighted by Gasteiger charge is -2.27. The van der Waals surface area contributed by atoms with Gasteiger partial charge in [-0.05, 0) is 37.0 Å². The molecule has 0 unspecified atom stereocenters. The number of hydrogen-bond donors (Lipinski definition) is 6. The van der Waals surface area contributed by atoms with Crippen LogP contribution in [0.3, 0.4) is 0 Å². The molecule has 0 aromatic carbocycles. The van der Waals surface area contributed by atoms with Crippen LogP contribution in [0, 0.1) is 17.8 Å². The minimum Gasteiger partial charge on any atom is -0.481 e. The van der Waals surface area contributed by atoms with Crippen molar-refractivity contribution in [3.8, 4) is 0 Å². The molecule has 0 radical (unpaired) electrons. The van der Waals surface area contributed by atoms with Crippen LogP contribution in [0.5, 0.6) is 0 Å². The number of carboxylic acids is 2. The molecule has 4 atom stereocenters. The van der Waals surface area contributed by atoms with Crippen molar-refractivity contribution < 1.29 is 34.2 Å². The number of nitrogens with two attached hydrogens (primary N) is 1. The van der Waals surface area contributed by atoms with Gasteiger partial charge in [-0.1, -0.05) is 41.5 Å². The third kappa shape index (κ3) is 12.2. The van der Waals surface area contributed by atoms with E-state index in [4.69, 9.17) is 10.8 Å². The van der Waals surface area contributed by atoms with Crippen LogP contribution >= 0.6 is 0 Å². The van der Waals surface area contributed by atoms with E-state index in [9.17, 15) is 29.1 Å². The summed E-state index contributed by atoms with van der Waals surface area (Å²) in [6, 6.07) is -4.29. The molecule has 0 aromatic heterocycles. The molecular weight excluding hydrogens is 432 g/mol. The summed E-state index contributed by atoms with van der Waals surface area (Å²) in [7, 11) is 0. The predicted octanol–water partition coefficient (Wildman–Crippen LogP) is 0.466. The lowest BCUT2D eigenvalue weighted by Crippen LogP contribution is -2.58. The van der Waals surface area contributed by atoms with Crippen LogP contribution in [-0.4, -0.2) is 64.0 Å². The lowest BCUT2D eigenvalue weighted by molar-refractivity contribution is -0.143. The van der Waals surface area contributed by atoms with Crippen LogP contribution in [0.15, 0.2) is 0 Å². The van der Waals surface area contributed by atoms with E-state index in [1.807, 2.05) is 27.7 Å². The highest BCUT2D eigenvalue weighted by molar-refractivity contribution is 5.94. The number of nitrogens with one attached hydrogen (secondary N) is 3. The van der Waals surface area contributed by atoms with Crippen molar-refractivity contribution in [2.75, 3.05) is 0 Å². The Labute approximate surface area is 195 Å². The first-order chi connectivity index (χ1) is 15.1. The zero-order valence-electron chi connectivity index (χ0n) is 20.4. The molecule has 0 aromatic rings. The van der Waals surface area contributed by atoms with Gasteiger partial charge in [0.15, 0.2) is 0 Å². The molecule has 0 bridgehead atoms. The van der Waals surface area contributed by atoms with E-state index < -0.39 is 59.7 Å². The van der Waals surface area contributed by atoms with Crippen LogP contribution in [0.25, 0.3) is 0 Å². The zero-order chi connectivity index (χ0) is 25.9. The first-order valence-electron chi connectivity index (χ1n) is 11.3. The van der Waals surface area contributed by atoms with Crippen molar-refractivity contribution in [1.82, 2.24) is 16.0 Å². The van der Waals surface area contributed by atoms with Crippen molar-refractivity contribution in [2.24, 2.45) is 23.5 Å². The van der Waals surface area contributed by atoms with E-state index >= 15 is 0 Å². The third-order valence-electron chi connectivity index (χ3n) is 4.91. The van der Waals surface area contributed by atoms with Gasteiger partial charge in [-0.15, -0.1) is 0 Å². The Morgan fingerprint density at radius 2 is 1.24 bits per heavy atom. The molecule has 11 heteroatoms. The summed E-state index contributed by atoms with van der Waals surface area (Å²) < 4.78 is 0. The number of carbonyl (C=O) groups excluding carboxylic acids is 3. The molecule has 0 saturated heterocycles. The number of carbonyl (C=O) groups is 5. The molecule has 11 nitrogen and oxygen atoms in total. The molecule has 190 valence electrons. The molecular formula is C22H40N4O7. The fraction of sp³-hybridized carbons (Fsp3) is 0.773. The second kappa shape index (κ2) is 14.5. The number of rotatable bonds is 15. The van der Waals surface area contributed by atoms with Gasteiger partial charge in [0.1, 0.15) is 18.1 Å². The highest BCUT2D eigenvalue weighted by Crippen LogP contribution is 2.10. The highest BCUT2D eigenvalue weighted by atomic mass is 16.4. The Hall–Kier alpha value is -2.69. The van der Waals surface area contributed by atoms with E-state index in [1.165, 1.54) is 0 Å². The maximum atomic E-state index is 12.9. The van der Waals surface area contributed by atoms with Crippen molar-refractivity contribution >= 4 is 29.7 Å². The smallest absolute Gasteiger partial charge is 0.326 e.